The zero-order valence-corrected chi connectivity index (χ0v) is 10.6. The first-order chi connectivity index (χ1) is 8.70. The molecule has 18 heavy (non-hydrogen) atoms. The minimum absolute atomic E-state index is 0.303. The molecule has 1 aromatic carbocycles. The highest BCUT2D eigenvalue weighted by Gasteiger charge is 2.05. The van der Waals surface area contributed by atoms with Gasteiger partial charge in [-0.2, -0.15) is 5.26 Å². The normalized spacial score (nSPS) is 9.83. The number of hydrogen-bond acceptors (Lipinski definition) is 3. The molecule has 0 bridgehead atoms. The van der Waals surface area contributed by atoms with Crippen LogP contribution in [0.5, 0.6) is 5.75 Å². The summed E-state index contributed by atoms with van der Waals surface area (Å²) in [7, 11) is 0. The third-order valence-electron chi connectivity index (χ3n) is 2.53. The number of pyridine rings is 1. The molecule has 90 valence electrons. The summed E-state index contributed by atoms with van der Waals surface area (Å²) in [5.41, 5.74) is 2.15. The Kier molecular flexibility index (Phi) is 3.81. The second kappa shape index (κ2) is 5.52. The van der Waals surface area contributed by atoms with Crippen molar-refractivity contribution in [1.82, 2.24) is 4.98 Å². The van der Waals surface area contributed by atoms with Gasteiger partial charge < -0.3 is 4.74 Å². The van der Waals surface area contributed by atoms with Gasteiger partial charge >= 0.3 is 0 Å². The number of halogens is 1. The van der Waals surface area contributed by atoms with E-state index >= 15 is 0 Å². The van der Waals surface area contributed by atoms with Gasteiger partial charge in [0.2, 0.25) is 0 Å². The Balaban J connectivity index is 2.17. The summed E-state index contributed by atoms with van der Waals surface area (Å²) in [5, 5.41) is 9.55. The second-order valence-electron chi connectivity index (χ2n) is 3.82. The van der Waals surface area contributed by atoms with Crippen LogP contribution in [0, 0.1) is 18.3 Å². The van der Waals surface area contributed by atoms with Gasteiger partial charge in [-0.05, 0) is 30.7 Å². The molecule has 0 aliphatic carbocycles. The lowest BCUT2D eigenvalue weighted by Crippen LogP contribution is -2.00. The van der Waals surface area contributed by atoms with Crippen molar-refractivity contribution < 1.29 is 4.74 Å². The van der Waals surface area contributed by atoms with Crippen LogP contribution in [-0.4, -0.2) is 4.98 Å². The van der Waals surface area contributed by atoms with Crippen LogP contribution in [0.15, 0.2) is 36.5 Å². The number of nitrogens with zero attached hydrogens (tertiary/aromatic N) is 2. The largest absolute Gasteiger partial charge is 0.488 e. The van der Waals surface area contributed by atoms with E-state index < -0.39 is 0 Å². The molecule has 3 nitrogen and oxygen atoms in total. The zero-order valence-electron chi connectivity index (χ0n) is 9.85. The molecule has 1 aromatic heterocycles. The number of benzene rings is 1. The highest BCUT2D eigenvalue weighted by Crippen LogP contribution is 2.23. The molecule has 4 heteroatoms. The highest BCUT2D eigenvalue weighted by atomic mass is 35.5. The Labute approximate surface area is 111 Å². The van der Waals surface area contributed by atoms with E-state index in [2.05, 4.69) is 4.98 Å². The van der Waals surface area contributed by atoms with Crippen LogP contribution in [0.2, 0.25) is 5.02 Å². The molecule has 2 aromatic rings. The fourth-order valence-corrected chi connectivity index (χ4v) is 1.70. The van der Waals surface area contributed by atoms with Crippen molar-refractivity contribution >= 4 is 11.6 Å². The summed E-state index contributed by atoms with van der Waals surface area (Å²) in [5.74, 6) is 0.718. The van der Waals surface area contributed by atoms with Gasteiger partial charge in [-0.1, -0.05) is 23.7 Å². The minimum atomic E-state index is 0.303. The van der Waals surface area contributed by atoms with Crippen molar-refractivity contribution in [2.75, 3.05) is 0 Å². The molecule has 0 saturated carbocycles. The zero-order chi connectivity index (χ0) is 13.0. The maximum atomic E-state index is 8.93. The predicted octanol–water partition coefficient (Wildman–Crippen LogP) is 3.49. The van der Waals surface area contributed by atoms with Crippen LogP contribution in [-0.2, 0) is 6.61 Å². The van der Waals surface area contributed by atoms with Gasteiger partial charge in [0.25, 0.3) is 0 Å². The van der Waals surface area contributed by atoms with Crippen LogP contribution >= 0.6 is 11.6 Å². The van der Waals surface area contributed by atoms with Crippen molar-refractivity contribution in [3.05, 3.63) is 58.4 Å². The number of nitriles is 1. The van der Waals surface area contributed by atoms with Gasteiger partial charge in [0.15, 0.2) is 0 Å². The van der Waals surface area contributed by atoms with Crippen LogP contribution < -0.4 is 4.74 Å². The van der Waals surface area contributed by atoms with E-state index in [1.54, 1.807) is 18.3 Å². The quantitative estimate of drug-likeness (QED) is 0.847. The molecular formula is C14H11ClN2O. The summed E-state index contributed by atoms with van der Waals surface area (Å²) >= 11 is 5.91. The van der Waals surface area contributed by atoms with Crippen molar-refractivity contribution in [3.63, 3.8) is 0 Å². The van der Waals surface area contributed by atoms with Crippen LogP contribution in [0.1, 0.15) is 16.8 Å². The molecule has 0 aliphatic heterocycles. The highest BCUT2D eigenvalue weighted by molar-refractivity contribution is 6.30. The third-order valence-corrected chi connectivity index (χ3v) is 2.77. The van der Waals surface area contributed by atoms with Crippen LogP contribution in [0.4, 0.5) is 0 Å². The van der Waals surface area contributed by atoms with E-state index in [0.29, 0.717) is 17.3 Å². The summed E-state index contributed by atoms with van der Waals surface area (Å²) in [6, 6.07) is 11.1. The van der Waals surface area contributed by atoms with Crippen molar-refractivity contribution in [2.24, 2.45) is 0 Å². The van der Waals surface area contributed by atoms with Gasteiger partial charge in [-0.15, -0.1) is 0 Å². The lowest BCUT2D eigenvalue weighted by atomic mass is 10.2. The number of ether oxygens (including phenoxy) is 1. The van der Waals surface area contributed by atoms with E-state index in [0.717, 1.165) is 16.9 Å². The van der Waals surface area contributed by atoms with Crippen molar-refractivity contribution in [3.8, 4) is 11.8 Å². The molecule has 0 saturated heterocycles. The van der Waals surface area contributed by atoms with E-state index in [1.807, 2.05) is 31.2 Å². The molecular weight excluding hydrogens is 248 g/mol. The van der Waals surface area contributed by atoms with E-state index in [4.69, 9.17) is 21.6 Å². The van der Waals surface area contributed by atoms with Gasteiger partial charge in [-0.3, -0.25) is 0 Å². The Bertz CT molecular complexity index is 605. The van der Waals surface area contributed by atoms with Gasteiger partial charge in [0, 0.05) is 16.8 Å². The Morgan fingerprint density at radius 3 is 3.00 bits per heavy atom. The molecule has 0 aliphatic rings. The third kappa shape index (κ3) is 2.79. The smallest absolute Gasteiger partial charge is 0.147 e. The Hall–Kier alpha value is -2.05. The molecule has 0 N–H and O–H groups in total. The average Bonchev–Trinajstić information content (AvgIpc) is 2.40. The van der Waals surface area contributed by atoms with E-state index in [-0.39, 0.29) is 0 Å². The number of aryl methyl sites for hydroxylation is 1. The molecule has 0 unspecified atom stereocenters. The molecule has 1 heterocycles. The maximum Gasteiger partial charge on any atom is 0.147 e. The average molecular weight is 259 g/mol. The number of aromatic nitrogens is 1. The number of hydrogen-bond donors (Lipinski definition) is 0. The number of rotatable bonds is 3. The summed E-state index contributed by atoms with van der Waals surface area (Å²) in [6.45, 7) is 2.25. The van der Waals surface area contributed by atoms with E-state index in [1.165, 1.54) is 0 Å². The topological polar surface area (TPSA) is 45.9 Å². The predicted molar refractivity (Wildman–Crippen MR) is 69.5 cm³/mol. The van der Waals surface area contributed by atoms with Crippen LogP contribution in [0.25, 0.3) is 0 Å². The maximum absolute atomic E-state index is 8.93. The SMILES string of the molecule is Cc1ccc(Cl)cc1OCc1cccnc1C#N. The fraction of sp³-hybridized carbons (Fsp3) is 0.143. The van der Waals surface area contributed by atoms with Gasteiger partial charge in [0.05, 0.1) is 0 Å². The standard InChI is InChI=1S/C14H11ClN2O/c1-10-4-5-12(15)7-14(10)18-9-11-3-2-6-17-13(11)8-16/h2-7H,9H2,1H3. The van der Waals surface area contributed by atoms with Gasteiger partial charge in [0.1, 0.15) is 24.1 Å². The molecule has 0 fully saturated rings. The summed E-state index contributed by atoms with van der Waals surface area (Å²) < 4.78 is 5.67. The Morgan fingerprint density at radius 2 is 2.22 bits per heavy atom. The van der Waals surface area contributed by atoms with Crippen molar-refractivity contribution in [2.45, 2.75) is 13.5 Å². The minimum Gasteiger partial charge on any atom is -0.488 e. The molecule has 0 atom stereocenters. The molecule has 0 spiro atoms. The monoisotopic (exact) mass is 258 g/mol. The van der Waals surface area contributed by atoms with Crippen molar-refractivity contribution in [1.29, 1.82) is 5.26 Å². The Morgan fingerprint density at radius 1 is 1.39 bits per heavy atom. The summed E-state index contributed by atoms with van der Waals surface area (Å²) in [6.07, 6.45) is 1.59. The van der Waals surface area contributed by atoms with E-state index in [9.17, 15) is 0 Å². The van der Waals surface area contributed by atoms with Gasteiger partial charge in [-0.25, -0.2) is 4.98 Å². The first-order valence-corrected chi connectivity index (χ1v) is 5.81. The molecule has 2 rings (SSSR count). The second-order valence-corrected chi connectivity index (χ2v) is 4.26. The van der Waals surface area contributed by atoms with Crippen LogP contribution in [0.3, 0.4) is 0 Å². The fourth-order valence-electron chi connectivity index (χ4n) is 1.54. The first kappa shape index (κ1) is 12.4. The lowest BCUT2D eigenvalue weighted by molar-refractivity contribution is 0.303. The summed E-state index contributed by atoms with van der Waals surface area (Å²) in [4.78, 5) is 3.98. The lowest BCUT2D eigenvalue weighted by Gasteiger charge is -2.09. The molecule has 0 radical (unpaired) electrons. The molecule has 0 amide bonds. The first-order valence-electron chi connectivity index (χ1n) is 5.43.